The molecule has 2 saturated carbocycles. The van der Waals surface area contributed by atoms with E-state index in [0.717, 1.165) is 0 Å². The van der Waals surface area contributed by atoms with Gasteiger partial charge in [-0.05, 0) is 12.8 Å². The van der Waals surface area contributed by atoms with Gasteiger partial charge in [-0.1, -0.05) is 0 Å². The van der Waals surface area contributed by atoms with Gasteiger partial charge in [-0.25, -0.2) is 0 Å². The molecule has 5 nitrogen and oxygen atoms in total. The highest BCUT2D eigenvalue weighted by Crippen LogP contribution is 2.52. The molecule has 0 bridgehead atoms. The second-order valence-corrected chi connectivity index (χ2v) is 4.87. The Balaban J connectivity index is 2.28. The average Bonchev–Trinajstić information content (AvgIpc) is 2.80. The van der Waals surface area contributed by atoms with Crippen LogP contribution in [0, 0.1) is 17.3 Å². The van der Waals surface area contributed by atoms with E-state index in [-0.39, 0.29) is 30.8 Å². The molecule has 17 heavy (non-hydrogen) atoms. The van der Waals surface area contributed by atoms with Crippen LogP contribution in [0.4, 0.5) is 0 Å². The van der Waals surface area contributed by atoms with Gasteiger partial charge in [0.1, 0.15) is 17.9 Å². The number of methoxy groups -OCH3 is 1. The molecule has 2 fully saturated rings. The van der Waals surface area contributed by atoms with Crippen molar-refractivity contribution in [2.45, 2.75) is 25.7 Å². The summed E-state index contributed by atoms with van der Waals surface area (Å²) in [4.78, 5) is 45.8. The zero-order chi connectivity index (χ0) is 12.6. The molecule has 0 aromatic carbocycles. The first-order valence-electron chi connectivity index (χ1n) is 5.61. The molecular weight excluding hydrogens is 224 g/mol. The number of esters is 1. The minimum atomic E-state index is -0.919. The van der Waals surface area contributed by atoms with Crippen LogP contribution in [0.25, 0.3) is 0 Å². The Kier molecular flexibility index (Phi) is 2.85. The molecule has 0 saturated heterocycles. The molecule has 2 rings (SSSR count). The summed E-state index contributed by atoms with van der Waals surface area (Å²) in [5, 5.41) is 0. The van der Waals surface area contributed by atoms with Crippen LogP contribution in [0.1, 0.15) is 25.7 Å². The van der Waals surface area contributed by atoms with Crippen LogP contribution in [0.3, 0.4) is 0 Å². The van der Waals surface area contributed by atoms with Crippen molar-refractivity contribution in [2.75, 3.05) is 7.11 Å². The smallest absolute Gasteiger partial charge is 0.308 e. The molecule has 2 aliphatic rings. The Labute approximate surface area is 98.5 Å². The van der Waals surface area contributed by atoms with Gasteiger partial charge in [0.15, 0.2) is 0 Å². The molecular formula is C12H14O5. The SMILES string of the molecule is COC(=O)C1CC(C=O)C2(CC(=O)CC2=O)C1. The van der Waals surface area contributed by atoms with Crippen LogP contribution in [-0.2, 0) is 23.9 Å². The third-order valence-corrected chi connectivity index (χ3v) is 3.98. The first-order chi connectivity index (χ1) is 8.03. The molecule has 5 heteroatoms. The summed E-state index contributed by atoms with van der Waals surface area (Å²) in [6, 6.07) is 0. The molecule has 0 aliphatic heterocycles. The van der Waals surface area contributed by atoms with Gasteiger partial charge in [-0.3, -0.25) is 14.4 Å². The Morgan fingerprint density at radius 3 is 2.65 bits per heavy atom. The monoisotopic (exact) mass is 238 g/mol. The van der Waals surface area contributed by atoms with Crippen LogP contribution in [0.5, 0.6) is 0 Å². The van der Waals surface area contributed by atoms with Gasteiger partial charge in [0.05, 0.1) is 19.4 Å². The van der Waals surface area contributed by atoms with Gasteiger partial charge in [0, 0.05) is 17.8 Å². The minimum Gasteiger partial charge on any atom is -0.469 e. The molecule has 3 unspecified atom stereocenters. The highest BCUT2D eigenvalue weighted by molar-refractivity contribution is 6.10. The minimum absolute atomic E-state index is 0.0990. The quantitative estimate of drug-likeness (QED) is 0.393. The maximum atomic E-state index is 11.9. The number of carbonyl (C=O) groups is 4. The third kappa shape index (κ3) is 1.69. The fourth-order valence-corrected chi connectivity index (χ4v) is 3.13. The molecule has 0 radical (unpaired) electrons. The van der Waals surface area contributed by atoms with Crippen molar-refractivity contribution in [2.24, 2.45) is 17.3 Å². The summed E-state index contributed by atoms with van der Waals surface area (Å²) in [5.74, 6) is -1.69. The highest BCUT2D eigenvalue weighted by atomic mass is 16.5. The molecule has 0 amide bonds. The number of hydrogen-bond donors (Lipinski definition) is 0. The fraction of sp³-hybridized carbons (Fsp3) is 0.667. The average molecular weight is 238 g/mol. The fourth-order valence-electron chi connectivity index (χ4n) is 3.13. The molecule has 0 aromatic heterocycles. The maximum absolute atomic E-state index is 11.9. The zero-order valence-electron chi connectivity index (χ0n) is 9.60. The number of carbonyl (C=O) groups excluding carboxylic acids is 4. The lowest BCUT2D eigenvalue weighted by atomic mass is 9.76. The lowest BCUT2D eigenvalue weighted by molar-refractivity contribution is -0.145. The van der Waals surface area contributed by atoms with Crippen molar-refractivity contribution in [1.29, 1.82) is 0 Å². The summed E-state index contributed by atoms with van der Waals surface area (Å²) in [7, 11) is 1.28. The number of ketones is 2. The highest BCUT2D eigenvalue weighted by Gasteiger charge is 2.58. The molecule has 0 aromatic rings. The normalized spacial score (nSPS) is 36.5. The Morgan fingerprint density at radius 1 is 1.47 bits per heavy atom. The summed E-state index contributed by atoms with van der Waals surface area (Å²) >= 11 is 0. The van der Waals surface area contributed by atoms with E-state index in [1.54, 1.807) is 0 Å². The van der Waals surface area contributed by atoms with Crippen molar-refractivity contribution in [3.63, 3.8) is 0 Å². The number of ether oxygens (including phenoxy) is 1. The summed E-state index contributed by atoms with van der Waals surface area (Å²) in [5.41, 5.74) is -0.919. The number of Topliss-reactive ketones (excluding diaryl/α,β-unsaturated/α-hetero) is 2. The van der Waals surface area contributed by atoms with E-state index in [2.05, 4.69) is 4.74 Å². The van der Waals surface area contributed by atoms with Crippen LogP contribution < -0.4 is 0 Å². The van der Waals surface area contributed by atoms with E-state index in [1.165, 1.54) is 7.11 Å². The zero-order valence-corrected chi connectivity index (χ0v) is 9.60. The second-order valence-electron chi connectivity index (χ2n) is 4.87. The van der Waals surface area contributed by atoms with Crippen molar-refractivity contribution >= 4 is 23.8 Å². The van der Waals surface area contributed by atoms with Crippen LogP contribution >= 0.6 is 0 Å². The molecule has 3 atom stereocenters. The van der Waals surface area contributed by atoms with E-state index >= 15 is 0 Å². The number of aldehydes is 1. The van der Waals surface area contributed by atoms with Crippen molar-refractivity contribution in [3.8, 4) is 0 Å². The standard InChI is InChI=1S/C12H14O5/c1-17-11(16)7-2-8(6-13)12(4-7)5-9(14)3-10(12)15/h6-8H,2-5H2,1H3. The number of hydrogen-bond acceptors (Lipinski definition) is 5. The molecule has 1 spiro atoms. The summed E-state index contributed by atoms with van der Waals surface area (Å²) < 4.78 is 4.64. The van der Waals surface area contributed by atoms with Gasteiger partial charge >= 0.3 is 5.97 Å². The van der Waals surface area contributed by atoms with Crippen LogP contribution in [-0.4, -0.2) is 30.9 Å². The molecule has 2 aliphatic carbocycles. The molecule has 0 heterocycles. The van der Waals surface area contributed by atoms with Gasteiger partial charge in [0.25, 0.3) is 0 Å². The Hall–Kier alpha value is -1.52. The van der Waals surface area contributed by atoms with Crippen molar-refractivity contribution < 1.29 is 23.9 Å². The second kappa shape index (κ2) is 4.05. The van der Waals surface area contributed by atoms with Crippen molar-refractivity contribution in [1.82, 2.24) is 0 Å². The van der Waals surface area contributed by atoms with E-state index < -0.39 is 23.2 Å². The first-order valence-corrected chi connectivity index (χ1v) is 5.61. The number of rotatable bonds is 2. The van der Waals surface area contributed by atoms with Gasteiger partial charge in [-0.15, -0.1) is 0 Å². The Bertz CT molecular complexity index is 400. The van der Waals surface area contributed by atoms with E-state index in [1.807, 2.05) is 0 Å². The third-order valence-electron chi connectivity index (χ3n) is 3.98. The summed E-state index contributed by atoms with van der Waals surface area (Å²) in [6.07, 6.45) is 1.29. The van der Waals surface area contributed by atoms with Crippen molar-refractivity contribution in [3.05, 3.63) is 0 Å². The lowest BCUT2D eigenvalue weighted by Gasteiger charge is -2.24. The van der Waals surface area contributed by atoms with Gasteiger partial charge in [-0.2, -0.15) is 0 Å². The maximum Gasteiger partial charge on any atom is 0.308 e. The topological polar surface area (TPSA) is 77.5 Å². The van der Waals surface area contributed by atoms with Crippen LogP contribution in [0.15, 0.2) is 0 Å². The Morgan fingerprint density at radius 2 is 2.18 bits per heavy atom. The van der Waals surface area contributed by atoms with E-state index in [4.69, 9.17) is 0 Å². The van der Waals surface area contributed by atoms with Gasteiger partial charge in [0.2, 0.25) is 0 Å². The molecule has 92 valence electrons. The van der Waals surface area contributed by atoms with E-state index in [9.17, 15) is 19.2 Å². The van der Waals surface area contributed by atoms with Crippen LogP contribution in [0.2, 0.25) is 0 Å². The molecule has 0 N–H and O–H groups in total. The lowest BCUT2D eigenvalue weighted by Crippen LogP contribution is -2.31. The first kappa shape index (κ1) is 12.0. The van der Waals surface area contributed by atoms with E-state index in [0.29, 0.717) is 12.7 Å². The predicted molar refractivity (Wildman–Crippen MR) is 56.0 cm³/mol. The van der Waals surface area contributed by atoms with Gasteiger partial charge < -0.3 is 9.53 Å². The largest absolute Gasteiger partial charge is 0.469 e. The predicted octanol–water partition coefficient (Wildman–Crippen LogP) is 0.303. The summed E-state index contributed by atoms with van der Waals surface area (Å²) in [6.45, 7) is 0.